The lowest BCUT2D eigenvalue weighted by Gasteiger charge is -2.17. The summed E-state index contributed by atoms with van der Waals surface area (Å²) in [6.07, 6.45) is 0.544. The number of nitrogens with one attached hydrogen (secondary N) is 1. The summed E-state index contributed by atoms with van der Waals surface area (Å²) in [6, 6.07) is 13.2. The smallest absolute Gasteiger partial charge is 0.225 e. The Kier molecular flexibility index (Phi) is 5.51. The minimum atomic E-state index is -0.301. The molecule has 26 heavy (non-hydrogen) atoms. The van der Waals surface area contributed by atoms with Gasteiger partial charge in [0.05, 0.1) is 19.6 Å². The third-order valence-corrected chi connectivity index (χ3v) is 4.39. The maximum Gasteiger partial charge on any atom is 0.225 e. The zero-order valence-electron chi connectivity index (χ0n) is 14.6. The molecule has 136 valence electrons. The van der Waals surface area contributed by atoms with E-state index < -0.39 is 0 Å². The van der Waals surface area contributed by atoms with Crippen LogP contribution >= 0.6 is 0 Å². The fourth-order valence-electron chi connectivity index (χ4n) is 3.04. The standard InChI is InChI=1S/C20H21FN2O3/c1-26-18-8-4-14(5-9-18)10-19(24)22-17-11-20(25)23(13-17)12-15-2-6-16(21)7-3-15/h2-9,17H,10-13H2,1H3,(H,22,24)/t17-/m0/s1. The average molecular weight is 356 g/mol. The maximum atomic E-state index is 13.0. The van der Waals surface area contributed by atoms with Crippen molar-refractivity contribution < 1.29 is 18.7 Å². The lowest BCUT2D eigenvalue weighted by molar-refractivity contribution is -0.128. The zero-order chi connectivity index (χ0) is 18.5. The molecule has 2 aromatic rings. The maximum absolute atomic E-state index is 13.0. The van der Waals surface area contributed by atoms with Crippen LogP contribution in [0.15, 0.2) is 48.5 Å². The van der Waals surface area contributed by atoms with E-state index in [1.807, 2.05) is 24.3 Å². The largest absolute Gasteiger partial charge is 0.497 e. The van der Waals surface area contributed by atoms with Crippen LogP contribution in [-0.4, -0.2) is 36.4 Å². The van der Waals surface area contributed by atoms with E-state index in [1.54, 1.807) is 24.1 Å². The van der Waals surface area contributed by atoms with Crippen molar-refractivity contribution in [3.05, 3.63) is 65.5 Å². The summed E-state index contributed by atoms with van der Waals surface area (Å²) in [5, 5.41) is 2.92. The molecule has 0 bridgehead atoms. The molecule has 1 fully saturated rings. The van der Waals surface area contributed by atoms with E-state index in [2.05, 4.69) is 5.32 Å². The van der Waals surface area contributed by atoms with Gasteiger partial charge in [-0.15, -0.1) is 0 Å². The highest BCUT2D eigenvalue weighted by molar-refractivity contribution is 5.83. The predicted molar refractivity (Wildman–Crippen MR) is 95.1 cm³/mol. The number of rotatable bonds is 6. The monoisotopic (exact) mass is 356 g/mol. The number of carbonyl (C=O) groups is 2. The minimum absolute atomic E-state index is 0.0101. The highest BCUT2D eigenvalue weighted by Crippen LogP contribution is 2.16. The van der Waals surface area contributed by atoms with Crippen molar-refractivity contribution in [2.45, 2.75) is 25.4 Å². The topological polar surface area (TPSA) is 58.6 Å². The van der Waals surface area contributed by atoms with Gasteiger partial charge in [0.2, 0.25) is 11.8 Å². The summed E-state index contributed by atoms with van der Waals surface area (Å²) in [4.78, 5) is 26.1. The summed E-state index contributed by atoms with van der Waals surface area (Å²) in [6.45, 7) is 0.883. The van der Waals surface area contributed by atoms with E-state index in [1.165, 1.54) is 12.1 Å². The van der Waals surface area contributed by atoms with Crippen LogP contribution in [-0.2, 0) is 22.6 Å². The summed E-state index contributed by atoms with van der Waals surface area (Å²) in [7, 11) is 1.59. The molecule has 6 heteroatoms. The average Bonchev–Trinajstić information content (AvgIpc) is 2.96. The number of nitrogens with zero attached hydrogens (tertiary/aromatic N) is 1. The zero-order valence-corrected chi connectivity index (χ0v) is 14.6. The van der Waals surface area contributed by atoms with Gasteiger partial charge in [0, 0.05) is 19.5 Å². The fourth-order valence-corrected chi connectivity index (χ4v) is 3.04. The van der Waals surface area contributed by atoms with Crippen LogP contribution in [0, 0.1) is 5.82 Å². The van der Waals surface area contributed by atoms with Crippen molar-refractivity contribution in [3.63, 3.8) is 0 Å². The molecule has 1 aliphatic rings. The molecule has 3 rings (SSSR count). The molecule has 1 N–H and O–H groups in total. The van der Waals surface area contributed by atoms with Gasteiger partial charge in [-0.3, -0.25) is 9.59 Å². The van der Waals surface area contributed by atoms with E-state index in [0.717, 1.165) is 16.9 Å². The summed E-state index contributed by atoms with van der Waals surface area (Å²) in [5.41, 5.74) is 1.75. The Balaban J connectivity index is 1.51. The minimum Gasteiger partial charge on any atom is -0.497 e. The molecular weight excluding hydrogens is 335 g/mol. The Morgan fingerprint density at radius 3 is 2.46 bits per heavy atom. The molecule has 5 nitrogen and oxygen atoms in total. The van der Waals surface area contributed by atoms with Crippen molar-refractivity contribution in [2.24, 2.45) is 0 Å². The van der Waals surface area contributed by atoms with E-state index in [9.17, 15) is 14.0 Å². The van der Waals surface area contributed by atoms with Gasteiger partial charge >= 0.3 is 0 Å². The number of benzene rings is 2. The number of carbonyl (C=O) groups excluding carboxylic acids is 2. The molecule has 1 atom stereocenters. The van der Waals surface area contributed by atoms with Gasteiger partial charge in [0.15, 0.2) is 0 Å². The van der Waals surface area contributed by atoms with Gasteiger partial charge in [0.1, 0.15) is 11.6 Å². The Hall–Kier alpha value is -2.89. The molecule has 1 saturated heterocycles. The fraction of sp³-hybridized carbons (Fsp3) is 0.300. The number of halogens is 1. The van der Waals surface area contributed by atoms with Crippen LogP contribution in [0.25, 0.3) is 0 Å². The number of likely N-dealkylation sites (tertiary alicyclic amines) is 1. The quantitative estimate of drug-likeness (QED) is 0.864. The first-order chi connectivity index (χ1) is 12.5. The first-order valence-corrected chi connectivity index (χ1v) is 8.48. The summed E-state index contributed by atoms with van der Waals surface area (Å²) < 4.78 is 18.1. The number of methoxy groups -OCH3 is 1. The van der Waals surface area contributed by atoms with Crippen molar-refractivity contribution in [2.75, 3.05) is 13.7 Å². The van der Waals surface area contributed by atoms with Crippen LogP contribution in [0.2, 0.25) is 0 Å². The molecule has 0 saturated carbocycles. The molecule has 0 aliphatic carbocycles. The van der Waals surface area contributed by atoms with Crippen molar-refractivity contribution >= 4 is 11.8 Å². The van der Waals surface area contributed by atoms with Crippen molar-refractivity contribution in [1.29, 1.82) is 0 Å². The Labute approximate surface area is 151 Å². The molecule has 0 radical (unpaired) electrons. The third kappa shape index (κ3) is 4.59. The molecule has 1 heterocycles. The van der Waals surface area contributed by atoms with E-state index in [0.29, 0.717) is 13.1 Å². The molecule has 0 spiro atoms. The molecule has 2 amide bonds. The first kappa shape index (κ1) is 17.9. The second-order valence-electron chi connectivity index (χ2n) is 6.39. The summed E-state index contributed by atoms with van der Waals surface area (Å²) >= 11 is 0. The lowest BCUT2D eigenvalue weighted by Crippen LogP contribution is -2.37. The van der Waals surface area contributed by atoms with Gasteiger partial charge in [-0.1, -0.05) is 24.3 Å². The van der Waals surface area contributed by atoms with Crippen LogP contribution in [0.4, 0.5) is 4.39 Å². The first-order valence-electron chi connectivity index (χ1n) is 8.48. The number of amides is 2. The highest BCUT2D eigenvalue weighted by atomic mass is 19.1. The lowest BCUT2D eigenvalue weighted by atomic mass is 10.1. The molecule has 0 unspecified atom stereocenters. The van der Waals surface area contributed by atoms with Gasteiger partial charge in [-0.25, -0.2) is 4.39 Å². The second kappa shape index (κ2) is 7.99. The molecular formula is C20H21FN2O3. The van der Waals surface area contributed by atoms with E-state index in [4.69, 9.17) is 4.74 Å². The molecule has 1 aliphatic heterocycles. The second-order valence-corrected chi connectivity index (χ2v) is 6.39. The third-order valence-electron chi connectivity index (χ3n) is 4.39. The van der Waals surface area contributed by atoms with Crippen LogP contribution in [0.3, 0.4) is 0 Å². The predicted octanol–water partition coefficient (Wildman–Crippen LogP) is 2.29. The molecule has 0 aromatic heterocycles. The normalized spacial score (nSPS) is 16.6. The summed E-state index contributed by atoms with van der Waals surface area (Å²) in [5.74, 6) is 0.317. The number of hydrogen-bond acceptors (Lipinski definition) is 3. The Morgan fingerprint density at radius 1 is 1.15 bits per heavy atom. The van der Waals surface area contributed by atoms with Crippen molar-refractivity contribution in [3.8, 4) is 5.75 Å². The van der Waals surface area contributed by atoms with Gasteiger partial charge in [-0.2, -0.15) is 0 Å². The van der Waals surface area contributed by atoms with Gasteiger partial charge in [0.25, 0.3) is 0 Å². The Morgan fingerprint density at radius 2 is 1.81 bits per heavy atom. The number of ether oxygens (including phenoxy) is 1. The van der Waals surface area contributed by atoms with Crippen LogP contribution in [0.5, 0.6) is 5.75 Å². The number of hydrogen-bond donors (Lipinski definition) is 1. The molecule has 2 aromatic carbocycles. The van der Waals surface area contributed by atoms with Gasteiger partial charge in [-0.05, 0) is 35.4 Å². The van der Waals surface area contributed by atoms with E-state index >= 15 is 0 Å². The van der Waals surface area contributed by atoms with Crippen LogP contribution < -0.4 is 10.1 Å². The van der Waals surface area contributed by atoms with E-state index in [-0.39, 0.29) is 36.5 Å². The van der Waals surface area contributed by atoms with Crippen molar-refractivity contribution in [1.82, 2.24) is 10.2 Å². The van der Waals surface area contributed by atoms with Crippen LogP contribution in [0.1, 0.15) is 17.5 Å². The van der Waals surface area contributed by atoms with Gasteiger partial charge < -0.3 is 15.0 Å². The SMILES string of the molecule is COc1ccc(CC(=O)N[C@H]2CC(=O)N(Cc3ccc(F)cc3)C2)cc1. The Bertz CT molecular complexity index is 775. The highest BCUT2D eigenvalue weighted by Gasteiger charge is 2.30.